The Bertz CT molecular complexity index is 348. The number of benzene rings is 1. The number of nitrogens with zero attached hydrogens (tertiary/aromatic N) is 1. The van der Waals surface area contributed by atoms with E-state index in [-0.39, 0.29) is 12.4 Å². The maximum Gasteiger partial charge on any atom is 0.0233 e. The van der Waals surface area contributed by atoms with Gasteiger partial charge in [0.2, 0.25) is 0 Å². The predicted molar refractivity (Wildman–Crippen MR) is 80.2 cm³/mol. The lowest BCUT2D eigenvalue weighted by molar-refractivity contribution is 0.318. The molecule has 0 saturated carbocycles. The van der Waals surface area contributed by atoms with Crippen LogP contribution in [-0.4, -0.2) is 24.5 Å². The van der Waals surface area contributed by atoms with Crippen molar-refractivity contribution in [1.29, 1.82) is 0 Å². The summed E-state index contributed by atoms with van der Waals surface area (Å²) in [5.41, 5.74) is 8.57. The minimum absolute atomic E-state index is 0. The summed E-state index contributed by atoms with van der Waals surface area (Å²) in [5.74, 6) is 1.34. The monoisotopic (exact) mass is 268 g/mol. The molecule has 18 heavy (non-hydrogen) atoms. The van der Waals surface area contributed by atoms with Gasteiger partial charge >= 0.3 is 0 Å². The molecule has 1 saturated heterocycles. The van der Waals surface area contributed by atoms with Gasteiger partial charge < -0.3 is 5.73 Å². The van der Waals surface area contributed by atoms with E-state index in [4.69, 9.17) is 5.73 Å². The van der Waals surface area contributed by atoms with Crippen molar-refractivity contribution in [3.8, 4) is 0 Å². The molecular formula is C15H25ClN2. The second kappa shape index (κ2) is 7.13. The summed E-state index contributed by atoms with van der Waals surface area (Å²) in [5, 5.41) is 0. The number of hydrogen-bond donors (Lipinski definition) is 1. The van der Waals surface area contributed by atoms with Crippen molar-refractivity contribution in [3.63, 3.8) is 0 Å². The fourth-order valence-corrected chi connectivity index (χ4v) is 2.52. The van der Waals surface area contributed by atoms with E-state index in [9.17, 15) is 0 Å². The lowest BCUT2D eigenvalue weighted by Crippen LogP contribution is -2.22. The molecule has 0 amide bonds. The first-order valence-corrected chi connectivity index (χ1v) is 6.70. The average Bonchev–Trinajstić information content (AvgIpc) is 2.77. The van der Waals surface area contributed by atoms with Gasteiger partial charge in [-0.2, -0.15) is 0 Å². The molecule has 0 aromatic heterocycles. The highest BCUT2D eigenvalue weighted by Gasteiger charge is 2.20. The molecule has 1 fully saturated rings. The maximum absolute atomic E-state index is 5.72. The smallest absolute Gasteiger partial charge is 0.0233 e. The molecule has 1 aromatic rings. The molecule has 3 heteroatoms. The minimum atomic E-state index is 0. The third kappa shape index (κ3) is 3.98. The number of halogens is 1. The standard InChI is InChI=1S/C15H24N2.ClH/c1-12(2)15-5-3-13(4-6-15)10-17-8-7-14(9-16)11-17;/h3-6,12,14H,7-11,16H2,1-2H3;1H. The van der Waals surface area contributed by atoms with Gasteiger partial charge in [0.15, 0.2) is 0 Å². The van der Waals surface area contributed by atoms with Gasteiger partial charge in [0.1, 0.15) is 0 Å². The topological polar surface area (TPSA) is 29.3 Å². The Morgan fingerprint density at radius 3 is 2.44 bits per heavy atom. The maximum atomic E-state index is 5.72. The van der Waals surface area contributed by atoms with Crippen LogP contribution in [0.3, 0.4) is 0 Å². The summed E-state index contributed by atoms with van der Waals surface area (Å²) in [6.07, 6.45) is 1.26. The average molecular weight is 269 g/mol. The Morgan fingerprint density at radius 2 is 1.94 bits per heavy atom. The third-order valence-electron chi connectivity index (χ3n) is 3.76. The van der Waals surface area contributed by atoms with Crippen LogP contribution in [0.5, 0.6) is 0 Å². The number of rotatable bonds is 4. The Labute approximate surface area is 117 Å². The summed E-state index contributed by atoms with van der Waals surface area (Å²) in [7, 11) is 0. The van der Waals surface area contributed by atoms with Crippen LogP contribution in [0.15, 0.2) is 24.3 Å². The molecule has 1 unspecified atom stereocenters. The van der Waals surface area contributed by atoms with Crippen LogP contribution in [-0.2, 0) is 6.54 Å². The zero-order chi connectivity index (χ0) is 12.3. The van der Waals surface area contributed by atoms with Crippen molar-refractivity contribution in [2.45, 2.75) is 32.7 Å². The van der Waals surface area contributed by atoms with Gasteiger partial charge in [-0.15, -0.1) is 12.4 Å². The van der Waals surface area contributed by atoms with E-state index < -0.39 is 0 Å². The molecule has 1 atom stereocenters. The molecule has 2 nitrogen and oxygen atoms in total. The highest BCUT2D eigenvalue weighted by molar-refractivity contribution is 5.85. The van der Waals surface area contributed by atoms with Crippen molar-refractivity contribution in [2.24, 2.45) is 11.7 Å². The van der Waals surface area contributed by atoms with Gasteiger partial charge in [-0.3, -0.25) is 4.90 Å². The van der Waals surface area contributed by atoms with Crippen LogP contribution in [0.2, 0.25) is 0 Å². The molecule has 0 spiro atoms. The van der Waals surface area contributed by atoms with Gasteiger partial charge in [-0.05, 0) is 42.5 Å². The number of hydrogen-bond acceptors (Lipinski definition) is 2. The van der Waals surface area contributed by atoms with E-state index in [1.54, 1.807) is 0 Å². The van der Waals surface area contributed by atoms with Gasteiger partial charge in [0.05, 0.1) is 0 Å². The van der Waals surface area contributed by atoms with Crippen molar-refractivity contribution < 1.29 is 0 Å². The normalized spacial score (nSPS) is 20.1. The fraction of sp³-hybridized carbons (Fsp3) is 0.600. The van der Waals surface area contributed by atoms with Crippen LogP contribution in [0, 0.1) is 5.92 Å². The van der Waals surface area contributed by atoms with Crippen molar-refractivity contribution >= 4 is 12.4 Å². The minimum Gasteiger partial charge on any atom is -0.330 e. The lowest BCUT2D eigenvalue weighted by Gasteiger charge is -2.16. The van der Waals surface area contributed by atoms with E-state index in [0.29, 0.717) is 11.8 Å². The molecular weight excluding hydrogens is 244 g/mol. The third-order valence-corrected chi connectivity index (χ3v) is 3.76. The highest BCUT2D eigenvalue weighted by atomic mass is 35.5. The van der Waals surface area contributed by atoms with Crippen molar-refractivity contribution in [1.82, 2.24) is 4.90 Å². The Balaban J connectivity index is 0.00000162. The van der Waals surface area contributed by atoms with Crippen LogP contribution in [0.25, 0.3) is 0 Å². The Morgan fingerprint density at radius 1 is 1.28 bits per heavy atom. The lowest BCUT2D eigenvalue weighted by atomic mass is 10.0. The first-order chi connectivity index (χ1) is 8.19. The van der Waals surface area contributed by atoms with Gasteiger partial charge in [-0.25, -0.2) is 0 Å². The zero-order valence-corrected chi connectivity index (χ0v) is 12.2. The molecule has 0 bridgehead atoms. The molecule has 0 aliphatic carbocycles. The summed E-state index contributed by atoms with van der Waals surface area (Å²) in [6, 6.07) is 9.06. The second-order valence-corrected chi connectivity index (χ2v) is 5.52. The van der Waals surface area contributed by atoms with E-state index >= 15 is 0 Å². The van der Waals surface area contributed by atoms with Gasteiger partial charge in [0, 0.05) is 13.1 Å². The zero-order valence-electron chi connectivity index (χ0n) is 11.4. The summed E-state index contributed by atoms with van der Waals surface area (Å²) in [4.78, 5) is 2.52. The second-order valence-electron chi connectivity index (χ2n) is 5.52. The summed E-state index contributed by atoms with van der Waals surface area (Å²) in [6.45, 7) is 8.76. The number of likely N-dealkylation sites (tertiary alicyclic amines) is 1. The first kappa shape index (κ1) is 15.5. The molecule has 102 valence electrons. The van der Waals surface area contributed by atoms with E-state index in [1.165, 1.54) is 30.6 Å². The number of nitrogens with two attached hydrogens (primary N) is 1. The summed E-state index contributed by atoms with van der Waals surface area (Å²) < 4.78 is 0. The Hall–Kier alpha value is -0.570. The highest BCUT2D eigenvalue weighted by Crippen LogP contribution is 2.19. The molecule has 1 aliphatic rings. The molecule has 2 N–H and O–H groups in total. The van der Waals surface area contributed by atoms with Crippen LogP contribution < -0.4 is 5.73 Å². The van der Waals surface area contributed by atoms with Crippen molar-refractivity contribution in [3.05, 3.63) is 35.4 Å². The quantitative estimate of drug-likeness (QED) is 0.910. The molecule has 0 radical (unpaired) electrons. The van der Waals surface area contributed by atoms with E-state index in [0.717, 1.165) is 13.1 Å². The SMILES string of the molecule is CC(C)c1ccc(CN2CCC(CN)C2)cc1.Cl. The molecule has 1 aromatic carbocycles. The van der Waals surface area contributed by atoms with E-state index in [1.807, 2.05) is 0 Å². The van der Waals surface area contributed by atoms with E-state index in [2.05, 4.69) is 43.0 Å². The molecule has 1 aliphatic heterocycles. The first-order valence-electron chi connectivity index (χ1n) is 6.70. The fourth-order valence-electron chi connectivity index (χ4n) is 2.52. The van der Waals surface area contributed by atoms with Crippen molar-refractivity contribution in [2.75, 3.05) is 19.6 Å². The largest absolute Gasteiger partial charge is 0.330 e. The van der Waals surface area contributed by atoms with Crippen LogP contribution >= 0.6 is 12.4 Å². The summed E-state index contributed by atoms with van der Waals surface area (Å²) >= 11 is 0. The molecule has 1 heterocycles. The Kier molecular flexibility index (Phi) is 6.13. The molecule has 2 rings (SSSR count). The van der Waals surface area contributed by atoms with Gasteiger partial charge in [-0.1, -0.05) is 38.1 Å². The predicted octanol–water partition coefficient (Wildman–Crippen LogP) is 3.01. The van der Waals surface area contributed by atoms with Crippen LogP contribution in [0.4, 0.5) is 0 Å². The van der Waals surface area contributed by atoms with Gasteiger partial charge in [0.25, 0.3) is 0 Å². The van der Waals surface area contributed by atoms with Crippen LogP contribution in [0.1, 0.15) is 37.3 Å².